The maximum Gasteiger partial charge on any atom is 0.306 e. The molecule has 0 bridgehead atoms. The van der Waals surface area contributed by atoms with Crippen molar-refractivity contribution < 1.29 is 28.6 Å². The van der Waals surface area contributed by atoms with Gasteiger partial charge in [0, 0.05) is 19.3 Å². The molecule has 0 aliphatic rings. The topological polar surface area (TPSA) is 78.9 Å². The lowest BCUT2D eigenvalue weighted by Gasteiger charge is -2.18. The number of rotatable bonds is 42. The largest absolute Gasteiger partial charge is 0.462 e. The minimum absolute atomic E-state index is 0.103. The fraction of sp³-hybridized carbons (Fsp3) is 0.648. The van der Waals surface area contributed by atoms with Crippen LogP contribution in [0.15, 0.2) is 97.2 Å². The predicted octanol–water partition coefficient (Wildman–Crippen LogP) is 15.8. The number of hydrogen-bond donors (Lipinski definition) is 0. The quantitative estimate of drug-likeness (QED) is 0.0264. The number of carbonyl (C=O) groups excluding carboxylic acids is 3. The van der Waals surface area contributed by atoms with E-state index in [9.17, 15) is 14.4 Å². The SMILES string of the molecule is CC/C=C\C/C=C\C/C=C\C/C=C\CCCCCC(=O)OCC(COC(=O)CCCCCCC/C=C\CCCCC)OC(=O)CCCCCC/C=C\C/C=C\C/C=C\CC. The molecule has 0 aliphatic heterocycles. The van der Waals surface area contributed by atoms with Crippen molar-refractivity contribution in [2.75, 3.05) is 13.2 Å². The van der Waals surface area contributed by atoms with Crippen molar-refractivity contribution in [2.24, 2.45) is 0 Å². The summed E-state index contributed by atoms with van der Waals surface area (Å²) in [5, 5.41) is 0. The van der Waals surface area contributed by atoms with E-state index < -0.39 is 6.10 Å². The van der Waals surface area contributed by atoms with Crippen molar-refractivity contribution in [3.8, 4) is 0 Å². The van der Waals surface area contributed by atoms with Crippen LogP contribution in [0, 0.1) is 0 Å². The van der Waals surface area contributed by atoms with Gasteiger partial charge in [-0.05, 0) is 116 Å². The van der Waals surface area contributed by atoms with Crippen LogP contribution in [-0.2, 0) is 28.6 Å². The molecule has 0 aromatic rings. The zero-order valence-corrected chi connectivity index (χ0v) is 38.7. The van der Waals surface area contributed by atoms with Gasteiger partial charge < -0.3 is 14.2 Å². The number of carbonyl (C=O) groups is 3. The van der Waals surface area contributed by atoms with E-state index in [4.69, 9.17) is 14.2 Å². The van der Waals surface area contributed by atoms with Gasteiger partial charge in [0.2, 0.25) is 0 Å². The van der Waals surface area contributed by atoms with Gasteiger partial charge in [0.15, 0.2) is 6.10 Å². The predicted molar refractivity (Wildman–Crippen MR) is 256 cm³/mol. The number of ether oxygens (including phenoxy) is 3. The number of allylic oxidation sites excluding steroid dienone is 16. The Balaban J connectivity index is 4.50. The maximum atomic E-state index is 12.8. The van der Waals surface area contributed by atoms with E-state index in [-0.39, 0.29) is 31.1 Å². The highest BCUT2D eigenvalue weighted by Crippen LogP contribution is 2.12. The Morgan fingerprint density at radius 1 is 0.350 bits per heavy atom. The molecule has 340 valence electrons. The van der Waals surface area contributed by atoms with Crippen LogP contribution in [0.25, 0.3) is 0 Å². The Morgan fingerprint density at radius 2 is 0.650 bits per heavy atom. The second-order valence-corrected chi connectivity index (χ2v) is 15.6. The number of esters is 3. The summed E-state index contributed by atoms with van der Waals surface area (Å²) in [5.41, 5.74) is 0. The van der Waals surface area contributed by atoms with Gasteiger partial charge in [-0.3, -0.25) is 14.4 Å². The van der Waals surface area contributed by atoms with Crippen molar-refractivity contribution in [2.45, 2.75) is 213 Å². The highest BCUT2D eigenvalue weighted by Gasteiger charge is 2.19. The number of unbranched alkanes of at least 4 members (excludes halogenated alkanes) is 15. The highest BCUT2D eigenvalue weighted by atomic mass is 16.6. The molecule has 0 heterocycles. The second kappa shape index (κ2) is 48.0. The minimum atomic E-state index is -0.805. The maximum absolute atomic E-state index is 12.8. The summed E-state index contributed by atoms with van der Waals surface area (Å²) in [5.74, 6) is -0.973. The van der Waals surface area contributed by atoms with Crippen molar-refractivity contribution >= 4 is 17.9 Å². The molecule has 0 amide bonds. The average Bonchev–Trinajstić information content (AvgIpc) is 3.24. The first-order valence-corrected chi connectivity index (χ1v) is 24.2. The van der Waals surface area contributed by atoms with Crippen LogP contribution in [-0.4, -0.2) is 37.2 Å². The summed E-state index contributed by atoms with van der Waals surface area (Å²) in [6.07, 6.45) is 62.4. The summed E-state index contributed by atoms with van der Waals surface area (Å²) in [7, 11) is 0. The highest BCUT2D eigenvalue weighted by molar-refractivity contribution is 5.71. The first kappa shape index (κ1) is 56.3. The molecule has 0 saturated carbocycles. The van der Waals surface area contributed by atoms with Gasteiger partial charge in [0.25, 0.3) is 0 Å². The Labute approximate surface area is 368 Å². The van der Waals surface area contributed by atoms with Gasteiger partial charge >= 0.3 is 17.9 Å². The molecule has 0 rings (SSSR count). The van der Waals surface area contributed by atoms with Gasteiger partial charge in [0.05, 0.1) is 0 Å². The second-order valence-electron chi connectivity index (χ2n) is 15.6. The number of hydrogen-bond acceptors (Lipinski definition) is 6. The summed E-state index contributed by atoms with van der Waals surface area (Å²) in [6.45, 7) is 6.31. The molecule has 60 heavy (non-hydrogen) atoms. The lowest BCUT2D eigenvalue weighted by Crippen LogP contribution is -2.30. The van der Waals surface area contributed by atoms with Gasteiger partial charge in [0.1, 0.15) is 13.2 Å². The third kappa shape index (κ3) is 45.4. The summed E-state index contributed by atoms with van der Waals surface area (Å²) < 4.78 is 16.7. The Hall–Kier alpha value is -3.67. The van der Waals surface area contributed by atoms with Gasteiger partial charge in [-0.25, -0.2) is 0 Å². The lowest BCUT2D eigenvalue weighted by atomic mass is 10.1. The van der Waals surface area contributed by atoms with Crippen LogP contribution < -0.4 is 0 Å². The first-order chi connectivity index (χ1) is 29.5. The molecule has 0 spiro atoms. The zero-order chi connectivity index (χ0) is 43.7. The average molecular weight is 833 g/mol. The van der Waals surface area contributed by atoms with E-state index in [1.54, 1.807) is 0 Å². The van der Waals surface area contributed by atoms with E-state index in [0.29, 0.717) is 19.3 Å². The van der Waals surface area contributed by atoms with Crippen molar-refractivity contribution in [3.63, 3.8) is 0 Å². The van der Waals surface area contributed by atoms with Crippen LogP contribution in [0.5, 0.6) is 0 Å². The Bertz CT molecular complexity index is 1230. The fourth-order valence-electron chi connectivity index (χ4n) is 6.20. The molecular formula is C54H88O6. The van der Waals surface area contributed by atoms with Crippen molar-refractivity contribution in [3.05, 3.63) is 97.2 Å². The fourth-order valence-corrected chi connectivity index (χ4v) is 6.20. The molecule has 0 aromatic heterocycles. The Morgan fingerprint density at radius 3 is 1.05 bits per heavy atom. The van der Waals surface area contributed by atoms with Crippen molar-refractivity contribution in [1.29, 1.82) is 0 Å². The third-order valence-electron chi connectivity index (χ3n) is 9.80. The smallest absolute Gasteiger partial charge is 0.306 e. The van der Waals surface area contributed by atoms with E-state index >= 15 is 0 Å². The molecular weight excluding hydrogens is 745 g/mol. The molecule has 1 atom stereocenters. The molecule has 0 N–H and O–H groups in total. The third-order valence-corrected chi connectivity index (χ3v) is 9.80. The Kier molecular flexibility index (Phi) is 45.1. The molecule has 6 nitrogen and oxygen atoms in total. The van der Waals surface area contributed by atoms with Crippen LogP contribution in [0.1, 0.15) is 207 Å². The van der Waals surface area contributed by atoms with Crippen molar-refractivity contribution in [1.82, 2.24) is 0 Å². The lowest BCUT2D eigenvalue weighted by molar-refractivity contribution is -0.167. The van der Waals surface area contributed by atoms with E-state index in [1.165, 1.54) is 32.1 Å². The monoisotopic (exact) mass is 833 g/mol. The van der Waals surface area contributed by atoms with Crippen LogP contribution in [0.4, 0.5) is 0 Å². The molecule has 0 aliphatic carbocycles. The van der Waals surface area contributed by atoms with Crippen LogP contribution in [0.2, 0.25) is 0 Å². The molecule has 6 heteroatoms. The summed E-state index contributed by atoms with van der Waals surface area (Å²) in [4.78, 5) is 37.9. The zero-order valence-electron chi connectivity index (χ0n) is 38.7. The molecule has 0 radical (unpaired) electrons. The van der Waals surface area contributed by atoms with E-state index in [1.807, 2.05) is 0 Å². The van der Waals surface area contributed by atoms with Crippen LogP contribution >= 0.6 is 0 Å². The summed E-state index contributed by atoms with van der Waals surface area (Å²) in [6, 6.07) is 0. The molecule has 1 unspecified atom stereocenters. The van der Waals surface area contributed by atoms with E-state index in [0.717, 1.165) is 135 Å². The van der Waals surface area contributed by atoms with E-state index in [2.05, 4.69) is 118 Å². The van der Waals surface area contributed by atoms with Gasteiger partial charge in [-0.1, -0.05) is 169 Å². The molecule has 0 aromatic carbocycles. The molecule has 0 saturated heterocycles. The minimum Gasteiger partial charge on any atom is -0.462 e. The van der Waals surface area contributed by atoms with Crippen LogP contribution in [0.3, 0.4) is 0 Å². The standard InChI is InChI=1S/C54H88O6/c1-4-7-10-13-16-19-22-25-27-28-30-32-35-38-41-44-47-53(56)59-50-51(49-58-52(55)46-43-40-37-34-31-24-21-18-15-12-9-6-3)60-54(57)48-45-42-39-36-33-29-26-23-20-17-14-11-8-5-2/h7-8,10-11,16-21,25-27,29-30,32,51H,4-6,9,12-15,22-24,28,31,33-50H2,1-3H3/b10-7-,11-8-,19-16-,20-17-,21-18-,27-25-,29-26-,32-30-. The first-order valence-electron chi connectivity index (χ1n) is 24.2. The normalized spacial score (nSPS) is 12.9. The molecule has 0 fully saturated rings. The van der Waals surface area contributed by atoms with Gasteiger partial charge in [-0.2, -0.15) is 0 Å². The summed E-state index contributed by atoms with van der Waals surface area (Å²) >= 11 is 0. The van der Waals surface area contributed by atoms with Gasteiger partial charge in [-0.15, -0.1) is 0 Å².